The number of aromatic carboxylic acids is 1. The van der Waals surface area contributed by atoms with Crippen molar-refractivity contribution in [2.24, 2.45) is 0 Å². The Kier molecular flexibility index (Phi) is 3.61. The summed E-state index contributed by atoms with van der Waals surface area (Å²) in [5.74, 6) is -1.04. The number of thiophene rings is 1. The molecule has 0 fully saturated rings. The molecule has 1 aromatic heterocycles. The highest BCUT2D eigenvalue weighted by Gasteiger charge is 2.30. The number of halogens is 3. The summed E-state index contributed by atoms with van der Waals surface area (Å²) >= 11 is 1.22. The third-order valence-corrected chi connectivity index (χ3v) is 3.47. The highest BCUT2D eigenvalue weighted by molar-refractivity contribution is 7.10. The summed E-state index contributed by atoms with van der Waals surface area (Å²) in [5.41, 5.74) is -0.0272. The first kappa shape index (κ1) is 13.6. The smallest absolute Gasteiger partial charge is 0.416 e. The summed E-state index contributed by atoms with van der Waals surface area (Å²) in [6.07, 6.45) is -4.07. The Morgan fingerprint density at radius 1 is 1.26 bits per heavy atom. The van der Waals surface area contributed by atoms with E-state index in [4.69, 9.17) is 5.11 Å². The molecule has 0 unspecified atom stereocenters. The van der Waals surface area contributed by atoms with Crippen LogP contribution in [0.1, 0.15) is 26.4 Å². The van der Waals surface area contributed by atoms with Gasteiger partial charge in [0.25, 0.3) is 0 Å². The fourth-order valence-corrected chi connectivity index (χ4v) is 2.54. The van der Waals surface area contributed by atoms with Gasteiger partial charge in [-0.25, -0.2) is 4.79 Å². The third-order valence-electron chi connectivity index (χ3n) is 2.53. The van der Waals surface area contributed by atoms with Crippen LogP contribution in [-0.4, -0.2) is 11.1 Å². The first-order valence-corrected chi connectivity index (χ1v) is 6.21. The Hall–Kier alpha value is -1.82. The van der Waals surface area contributed by atoms with Gasteiger partial charge in [-0.3, -0.25) is 0 Å². The van der Waals surface area contributed by atoms with Crippen molar-refractivity contribution in [2.45, 2.75) is 12.6 Å². The molecule has 6 heteroatoms. The van der Waals surface area contributed by atoms with E-state index in [1.54, 1.807) is 6.07 Å². The van der Waals surface area contributed by atoms with Crippen molar-refractivity contribution in [3.63, 3.8) is 0 Å². The number of alkyl halides is 3. The van der Waals surface area contributed by atoms with Gasteiger partial charge in [0.15, 0.2) is 0 Å². The van der Waals surface area contributed by atoms with E-state index in [1.807, 2.05) is 0 Å². The van der Waals surface area contributed by atoms with Gasteiger partial charge < -0.3 is 5.11 Å². The molecule has 0 spiro atoms. The molecular formula is C13H9F3O2S. The van der Waals surface area contributed by atoms with Crippen molar-refractivity contribution in [1.29, 1.82) is 0 Å². The number of carboxylic acid groups (broad SMARTS) is 1. The first-order valence-electron chi connectivity index (χ1n) is 5.33. The molecule has 0 atom stereocenters. The van der Waals surface area contributed by atoms with Crippen molar-refractivity contribution in [2.75, 3.05) is 0 Å². The average molecular weight is 286 g/mol. The Morgan fingerprint density at radius 3 is 2.58 bits per heavy atom. The van der Waals surface area contributed by atoms with Crippen LogP contribution in [-0.2, 0) is 12.6 Å². The molecular weight excluding hydrogens is 277 g/mol. The number of hydrogen-bond acceptors (Lipinski definition) is 2. The third kappa shape index (κ3) is 3.35. The molecule has 0 aliphatic rings. The van der Waals surface area contributed by atoms with E-state index in [1.165, 1.54) is 28.8 Å². The number of carboxylic acids is 1. The van der Waals surface area contributed by atoms with E-state index in [0.717, 1.165) is 17.0 Å². The molecule has 0 aliphatic carbocycles. The molecule has 2 rings (SSSR count). The normalized spacial score (nSPS) is 11.5. The van der Waals surface area contributed by atoms with Gasteiger partial charge in [0.2, 0.25) is 0 Å². The van der Waals surface area contributed by atoms with Crippen LogP contribution in [0, 0.1) is 0 Å². The summed E-state index contributed by atoms with van der Waals surface area (Å²) in [7, 11) is 0. The molecule has 0 bridgehead atoms. The molecule has 0 aliphatic heterocycles. The van der Waals surface area contributed by atoms with Gasteiger partial charge in [-0.2, -0.15) is 13.2 Å². The van der Waals surface area contributed by atoms with Gasteiger partial charge >= 0.3 is 12.1 Å². The lowest BCUT2D eigenvalue weighted by Crippen LogP contribution is -2.05. The van der Waals surface area contributed by atoms with Gasteiger partial charge in [-0.15, -0.1) is 11.3 Å². The predicted molar refractivity (Wildman–Crippen MR) is 65.5 cm³/mol. The van der Waals surface area contributed by atoms with Crippen LogP contribution >= 0.6 is 11.3 Å². The number of hydrogen-bond donors (Lipinski definition) is 1. The second-order valence-corrected chi connectivity index (χ2v) is 4.98. The van der Waals surface area contributed by atoms with Gasteiger partial charge in [0.1, 0.15) is 0 Å². The molecule has 0 saturated carbocycles. The molecule has 2 nitrogen and oxygen atoms in total. The van der Waals surface area contributed by atoms with Crippen molar-refractivity contribution in [1.82, 2.24) is 0 Å². The monoisotopic (exact) mass is 286 g/mol. The summed E-state index contributed by atoms with van der Waals surface area (Å²) in [6.45, 7) is 0. The molecule has 1 heterocycles. The SMILES string of the molecule is O=C(O)c1csc(Cc2cccc(C(F)(F)F)c2)c1. The van der Waals surface area contributed by atoms with E-state index >= 15 is 0 Å². The standard InChI is InChI=1S/C13H9F3O2S/c14-13(15,16)10-3-1-2-8(4-10)5-11-6-9(7-19-11)12(17)18/h1-4,6-7H,5H2,(H,17,18). The predicted octanol–water partition coefficient (Wildman–Crippen LogP) is 4.06. The van der Waals surface area contributed by atoms with Gasteiger partial charge in [0, 0.05) is 16.7 Å². The summed E-state index contributed by atoms with van der Waals surface area (Å²) < 4.78 is 37.6. The van der Waals surface area contributed by atoms with Crippen LogP contribution in [0.4, 0.5) is 13.2 Å². The molecule has 0 amide bonds. The Balaban J connectivity index is 2.21. The maximum atomic E-state index is 12.5. The fourth-order valence-electron chi connectivity index (χ4n) is 1.64. The zero-order chi connectivity index (χ0) is 14.0. The Bertz CT molecular complexity index is 602. The van der Waals surface area contributed by atoms with Crippen LogP contribution in [0.3, 0.4) is 0 Å². The van der Waals surface area contributed by atoms with Crippen LogP contribution < -0.4 is 0 Å². The summed E-state index contributed by atoms with van der Waals surface area (Å²) in [5, 5.41) is 10.3. The minimum absolute atomic E-state index is 0.159. The molecule has 19 heavy (non-hydrogen) atoms. The van der Waals surface area contributed by atoms with Gasteiger partial charge in [0.05, 0.1) is 11.1 Å². The van der Waals surface area contributed by atoms with Crippen LogP contribution in [0.15, 0.2) is 35.7 Å². The lowest BCUT2D eigenvalue weighted by atomic mass is 10.1. The van der Waals surface area contributed by atoms with Crippen molar-refractivity contribution in [3.8, 4) is 0 Å². The van der Waals surface area contributed by atoms with E-state index in [2.05, 4.69) is 0 Å². The molecule has 1 aromatic carbocycles. The Morgan fingerprint density at radius 2 is 2.00 bits per heavy atom. The zero-order valence-electron chi connectivity index (χ0n) is 9.57. The lowest BCUT2D eigenvalue weighted by molar-refractivity contribution is -0.137. The van der Waals surface area contributed by atoms with Crippen LogP contribution in [0.5, 0.6) is 0 Å². The highest BCUT2D eigenvalue weighted by atomic mass is 32.1. The molecule has 2 aromatic rings. The topological polar surface area (TPSA) is 37.3 Å². The molecule has 1 N–H and O–H groups in total. The first-order chi connectivity index (χ1) is 8.86. The van der Waals surface area contributed by atoms with Gasteiger partial charge in [-0.05, 0) is 17.7 Å². The van der Waals surface area contributed by atoms with Crippen LogP contribution in [0.25, 0.3) is 0 Å². The van der Waals surface area contributed by atoms with E-state index in [9.17, 15) is 18.0 Å². The Labute approximate surface area is 111 Å². The van der Waals surface area contributed by atoms with Crippen molar-refractivity contribution in [3.05, 3.63) is 57.3 Å². The zero-order valence-corrected chi connectivity index (χ0v) is 10.4. The molecule has 0 radical (unpaired) electrons. The number of carbonyl (C=O) groups is 1. The van der Waals surface area contributed by atoms with Crippen molar-refractivity contribution >= 4 is 17.3 Å². The van der Waals surface area contributed by atoms with E-state index in [-0.39, 0.29) is 5.56 Å². The van der Waals surface area contributed by atoms with Gasteiger partial charge in [-0.1, -0.05) is 18.2 Å². The quantitative estimate of drug-likeness (QED) is 0.924. The minimum atomic E-state index is -4.36. The maximum Gasteiger partial charge on any atom is 0.416 e. The fraction of sp³-hybridized carbons (Fsp3) is 0.154. The second-order valence-electron chi connectivity index (χ2n) is 3.98. The highest BCUT2D eigenvalue weighted by Crippen LogP contribution is 2.30. The molecule has 100 valence electrons. The summed E-state index contributed by atoms with van der Waals surface area (Å²) in [6, 6.07) is 6.52. The van der Waals surface area contributed by atoms with E-state index in [0.29, 0.717) is 12.0 Å². The average Bonchev–Trinajstić information content (AvgIpc) is 2.77. The molecule has 0 saturated heterocycles. The second kappa shape index (κ2) is 5.05. The lowest BCUT2D eigenvalue weighted by Gasteiger charge is -2.08. The number of benzene rings is 1. The minimum Gasteiger partial charge on any atom is -0.478 e. The van der Waals surface area contributed by atoms with E-state index < -0.39 is 17.7 Å². The maximum absolute atomic E-state index is 12.5. The number of rotatable bonds is 3. The van der Waals surface area contributed by atoms with Crippen LogP contribution in [0.2, 0.25) is 0 Å². The van der Waals surface area contributed by atoms with Crippen molar-refractivity contribution < 1.29 is 23.1 Å². The largest absolute Gasteiger partial charge is 0.478 e. The summed E-state index contributed by atoms with van der Waals surface area (Å²) in [4.78, 5) is 11.4.